The summed E-state index contributed by atoms with van der Waals surface area (Å²) in [5.41, 5.74) is 2.91. The molecule has 0 saturated heterocycles. The number of imidazole rings is 1. The second kappa shape index (κ2) is 4.34. The zero-order valence-corrected chi connectivity index (χ0v) is 10.8. The van der Waals surface area contributed by atoms with Crippen molar-refractivity contribution in [3.05, 3.63) is 52.8 Å². The minimum atomic E-state index is 0.448. The highest BCUT2D eigenvalue weighted by Crippen LogP contribution is 2.20. The Labute approximate surface area is 111 Å². The Balaban J connectivity index is 2.17. The molecule has 0 fully saturated rings. The summed E-state index contributed by atoms with van der Waals surface area (Å²) in [4.78, 5) is 15.0. The Kier molecular flexibility index (Phi) is 2.68. The maximum Gasteiger partial charge on any atom is 0.170 e. The fourth-order valence-corrected chi connectivity index (χ4v) is 2.01. The maximum absolute atomic E-state index is 10.9. The third kappa shape index (κ3) is 1.82. The SMILES string of the molecule is O=Cc1cnc2ccc(-c3ccc(Br)cc3)nn12. The minimum Gasteiger partial charge on any atom is -0.296 e. The van der Waals surface area contributed by atoms with Gasteiger partial charge in [0.2, 0.25) is 0 Å². The van der Waals surface area contributed by atoms with Gasteiger partial charge in [0.25, 0.3) is 0 Å². The van der Waals surface area contributed by atoms with Gasteiger partial charge < -0.3 is 0 Å². The molecule has 0 saturated carbocycles. The average Bonchev–Trinajstić information content (AvgIpc) is 2.81. The van der Waals surface area contributed by atoms with E-state index in [1.165, 1.54) is 6.20 Å². The van der Waals surface area contributed by atoms with E-state index in [2.05, 4.69) is 26.0 Å². The molecule has 0 aliphatic carbocycles. The van der Waals surface area contributed by atoms with Crippen LogP contribution < -0.4 is 0 Å². The van der Waals surface area contributed by atoms with Gasteiger partial charge in [0.15, 0.2) is 11.9 Å². The molecule has 0 bridgehead atoms. The van der Waals surface area contributed by atoms with Crippen molar-refractivity contribution in [3.63, 3.8) is 0 Å². The monoisotopic (exact) mass is 301 g/mol. The van der Waals surface area contributed by atoms with Gasteiger partial charge in [0.05, 0.1) is 11.9 Å². The third-order valence-corrected chi connectivity index (χ3v) is 3.18. The van der Waals surface area contributed by atoms with Crippen LogP contribution in [-0.2, 0) is 0 Å². The van der Waals surface area contributed by atoms with Crippen LogP contribution in [0.5, 0.6) is 0 Å². The summed E-state index contributed by atoms with van der Waals surface area (Å²) < 4.78 is 2.56. The predicted octanol–water partition coefficient (Wildman–Crippen LogP) is 2.97. The number of hydrogen-bond donors (Lipinski definition) is 0. The van der Waals surface area contributed by atoms with Crippen molar-refractivity contribution in [2.45, 2.75) is 0 Å². The van der Waals surface area contributed by atoms with Crippen LogP contribution in [0.3, 0.4) is 0 Å². The van der Waals surface area contributed by atoms with Gasteiger partial charge in [-0.15, -0.1) is 0 Å². The summed E-state index contributed by atoms with van der Waals surface area (Å²) in [6.07, 6.45) is 2.26. The number of nitrogens with zero attached hydrogens (tertiary/aromatic N) is 3. The van der Waals surface area contributed by atoms with Crippen molar-refractivity contribution < 1.29 is 4.79 Å². The number of carbonyl (C=O) groups excluding carboxylic acids is 1. The molecule has 0 aliphatic heterocycles. The molecule has 88 valence electrons. The van der Waals surface area contributed by atoms with Crippen molar-refractivity contribution in [2.24, 2.45) is 0 Å². The second-order valence-electron chi connectivity index (χ2n) is 3.80. The molecule has 5 heteroatoms. The van der Waals surface area contributed by atoms with Gasteiger partial charge in [-0.25, -0.2) is 9.50 Å². The van der Waals surface area contributed by atoms with Gasteiger partial charge in [-0.2, -0.15) is 5.10 Å². The van der Waals surface area contributed by atoms with Crippen LogP contribution in [0, 0.1) is 0 Å². The molecular weight excluding hydrogens is 294 g/mol. The van der Waals surface area contributed by atoms with E-state index in [4.69, 9.17) is 0 Å². The first-order valence-electron chi connectivity index (χ1n) is 5.34. The first-order chi connectivity index (χ1) is 8.78. The number of aromatic nitrogens is 3. The smallest absolute Gasteiger partial charge is 0.170 e. The molecule has 3 aromatic rings. The fourth-order valence-electron chi connectivity index (χ4n) is 1.75. The summed E-state index contributed by atoms with van der Waals surface area (Å²) >= 11 is 3.39. The molecule has 0 N–H and O–H groups in total. The fraction of sp³-hybridized carbons (Fsp3) is 0. The molecule has 4 nitrogen and oxygen atoms in total. The molecule has 0 spiro atoms. The van der Waals surface area contributed by atoms with Gasteiger partial charge >= 0.3 is 0 Å². The van der Waals surface area contributed by atoms with Gasteiger partial charge in [0, 0.05) is 10.0 Å². The van der Waals surface area contributed by atoms with E-state index in [-0.39, 0.29) is 0 Å². The number of aldehydes is 1. The van der Waals surface area contributed by atoms with Crippen LogP contribution >= 0.6 is 15.9 Å². The lowest BCUT2D eigenvalue weighted by Gasteiger charge is -2.02. The number of fused-ring (bicyclic) bond motifs is 1. The molecule has 18 heavy (non-hydrogen) atoms. The Bertz CT molecular complexity index is 719. The Morgan fingerprint density at radius 3 is 2.61 bits per heavy atom. The van der Waals surface area contributed by atoms with Crippen molar-refractivity contribution >= 4 is 27.9 Å². The number of halogens is 1. The molecule has 0 radical (unpaired) electrons. The normalized spacial score (nSPS) is 10.7. The van der Waals surface area contributed by atoms with E-state index in [9.17, 15) is 4.79 Å². The largest absolute Gasteiger partial charge is 0.296 e. The molecule has 2 aromatic heterocycles. The predicted molar refractivity (Wildman–Crippen MR) is 71.5 cm³/mol. The summed E-state index contributed by atoms with van der Waals surface area (Å²) in [5, 5.41) is 4.41. The van der Waals surface area contributed by atoms with Gasteiger partial charge in [-0.1, -0.05) is 28.1 Å². The van der Waals surface area contributed by atoms with Gasteiger partial charge in [-0.05, 0) is 24.3 Å². The van der Waals surface area contributed by atoms with E-state index < -0.39 is 0 Å². The summed E-state index contributed by atoms with van der Waals surface area (Å²) in [7, 11) is 0. The Morgan fingerprint density at radius 1 is 1.11 bits per heavy atom. The van der Waals surface area contributed by atoms with E-state index in [0.29, 0.717) is 11.3 Å². The summed E-state index contributed by atoms with van der Waals surface area (Å²) in [6, 6.07) is 11.6. The van der Waals surface area contributed by atoms with E-state index in [0.717, 1.165) is 22.0 Å². The van der Waals surface area contributed by atoms with Crippen LogP contribution in [0.2, 0.25) is 0 Å². The lowest BCUT2D eigenvalue weighted by molar-refractivity contribution is 0.111. The van der Waals surface area contributed by atoms with Crippen molar-refractivity contribution in [1.82, 2.24) is 14.6 Å². The van der Waals surface area contributed by atoms with Gasteiger partial charge in [-0.3, -0.25) is 4.79 Å². The highest BCUT2D eigenvalue weighted by Gasteiger charge is 2.05. The minimum absolute atomic E-state index is 0.448. The van der Waals surface area contributed by atoms with Crippen LogP contribution in [-0.4, -0.2) is 20.9 Å². The maximum atomic E-state index is 10.9. The summed E-state index contributed by atoms with van der Waals surface area (Å²) in [6.45, 7) is 0. The number of rotatable bonds is 2. The molecule has 2 heterocycles. The highest BCUT2D eigenvalue weighted by molar-refractivity contribution is 9.10. The standard InChI is InChI=1S/C13H8BrN3O/c14-10-3-1-9(2-4-10)12-5-6-13-15-7-11(8-18)17(13)16-12/h1-8H. The molecule has 0 aliphatic rings. The van der Waals surface area contributed by atoms with E-state index in [1.807, 2.05) is 36.4 Å². The number of benzene rings is 1. The zero-order chi connectivity index (χ0) is 12.5. The molecule has 1 aromatic carbocycles. The zero-order valence-electron chi connectivity index (χ0n) is 9.25. The molecular formula is C13H8BrN3O. The van der Waals surface area contributed by atoms with Crippen LogP contribution in [0.25, 0.3) is 16.9 Å². The van der Waals surface area contributed by atoms with E-state index >= 15 is 0 Å². The molecule has 0 amide bonds. The quantitative estimate of drug-likeness (QED) is 0.684. The highest BCUT2D eigenvalue weighted by atomic mass is 79.9. The number of hydrogen-bond acceptors (Lipinski definition) is 3. The Hall–Kier alpha value is -2.01. The van der Waals surface area contributed by atoms with Crippen LogP contribution in [0.1, 0.15) is 10.5 Å². The van der Waals surface area contributed by atoms with Crippen molar-refractivity contribution in [2.75, 3.05) is 0 Å². The first-order valence-corrected chi connectivity index (χ1v) is 6.13. The molecule has 3 rings (SSSR count). The number of carbonyl (C=O) groups is 1. The lowest BCUT2D eigenvalue weighted by atomic mass is 10.1. The van der Waals surface area contributed by atoms with Crippen LogP contribution in [0.15, 0.2) is 47.1 Å². The molecule has 0 unspecified atom stereocenters. The van der Waals surface area contributed by atoms with E-state index in [1.54, 1.807) is 4.52 Å². The molecule has 0 atom stereocenters. The van der Waals surface area contributed by atoms with Crippen molar-refractivity contribution in [3.8, 4) is 11.3 Å². The first kappa shape index (κ1) is 11.1. The second-order valence-corrected chi connectivity index (χ2v) is 4.71. The average molecular weight is 302 g/mol. The summed E-state index contributed by atoms with van der Waals surface area (Å²) in [5.74, 6) is 0. The topological polar surface area (TPSA) is 47.3 Å². The van der Waals surface area contributed by atoms with Crippen LogP contribution in [0.4, 0.5) is 0 Å². The van der Waals surface area contributed by atoms with Gasteiger partial charge in [0.1, 0.15) is 5.69 Å². The lowest BCUT2D eigenvalue weighted by Crippen LogP contribution is -1.98. The third-order valence-electron chi connectivity index (χ3n) is 2.65. The van der Waals surface area contributed by atoms with Crippen molar-refractivity contribution in [1.29, 1.82) is 0 Å². The Morgan fingerprint density at radius 2 is 1.89 bits per heavy atom.